The largest absolute Gasteiger partial charge is 0.493 e. The Morgan fingerprint density at radius 3 is 2.42 bits per heavy atom. The number of piperazine rings is 1. The molecule has 2 aromatic carbocycles. The molecule has 1 aliphatic rings. The molecule has 0 saturated carbocycles. The van der Waals surface area contributed by atoms with Crippen molar-refractivity contribution in [3.63, 3.8) is 0 Å². The molecule has 1 amide bonds. The van der Waals surface area contributed by atoms with Crippen molar-refractivity contribution < 1.29 is 31.7 Å². The number of nitrogens with zero attached hydrogens (tertiary/aromatic N) is 2. The zero-order chi connectivity index (χ0) is 29.9. The number of hydrogen-bond acceptors (Lipinski definition) is 6. The second-order valence-electron chi connectivity index (χ2n) is 7.06. The number of methoxy groups -OCH3 is 1. The lowest BCUT2D eigenvalue weighted by Crippen LogP contribution is -2.50. The number of carbonyl (C=O) groups excluding carboxylic acids is 1. The Morgan fingerprint density at radius 2 is 1.77 bits per heavy atom. The number of carbonyl (C=O) groups is 1. The predicted molar refractivity (Wildman–Crippen MR) is 122 cm³/mol. The Kier molecular flexibility index (Phi) is 4.93. The molecule has 2 N–H and O–H groups in total. The number of anilines is 1. The van der Waals surface area contributed by atoms with E-state index in [1.165, 1.54) is 30.2 Å². The van der Waals surface area contributed by atoms with Crippen LogP contribution in [0.25, 0.3) is 0 Å². The van der Waals surface area contributed by atoms with Crippen LogP contribution in [-0.4, -0.2) is 79.8 Å². The first-order valence-electron chi connectivity index (χ1n) is 14.4. The molecule has 1 aliphatic heterocycles. The number of hydrogen-bond donors (Lipinski definition) is 2. The van der Waals surface area contributed by atoms with Gasteiger partial charge in [0.05, 0.1) is 17.7 Å². The highest BCUT2D eigenvalue weighted by Gasteiger charge is 2.21. The SMILES string of the molecule is [2H]C(O)(COc1ccccc1OC)CN1CCN(C([2H])([2H])C(=O)Nc2c(C([2H])([2H])[2H])cccc2C([2H])([2H])[2H])CC1. The van der Waals surface area contributed by atoms with Crippen molar-refractivity contribution in [2.75, 3.05) is 58.3 Å². The van der Waals surface area contributed by atoms with Crippen LogP contribution in [0.5, 0.6) is 11.5 Å². The lowest BCUT2D eigenvalue weighted by molar-refractivity contribution is -0.117. The van der Waals surface area contributed by atoms with Crippen molar-refractivity contribution in [3.8, 4) is 11.5 Å². The predicted octanol–water partition coefficient (Wildman–Crippen LogP) is 2.31. The molecular formula is C24H33N3O4. The van der Waals surface area contributed by atoms with Gasteiger partial charge in [0.2, 0.25) is 5.91 Å². The van der Waals surface area contributed by atoms with Gasteiger partial charge in [-0.2, -0.15) is 0 Å². The number of rotatable bonds is 9. The van der Waals surface area contributed by atoms with Crippen molar-refractivity contribution in [1.82, 2.24) is 9.80 Å². The molecule has 1 heterocycles. The number of amides is 1. The number of nitrogens with one attached hydrogen (secondary N) is 1. The fraction of sp³-hybridized carbons (Fsp3) is 0.458. The van der Waals surface area contributed by atoms with Crippen LogP contribution >= 0.6 is 0 Å². The van der Waals surface area contributed by atoms with E-state index < -0.39 is 49.0 Å². The molecule has 1 saturated heterocycles. The minimum absolute atomic E-state index is 0.0525. The maximum absolute atomic E-state index is 13.1. The molecule has 7 heteroatoms. The second kappa shape index (κ2) is 11.1. The van der Waals surface area contributed by atoms with Crippen LogP contribution in [0.1, 0.15) is 23.5 Å². The summed E-state index contributed by atoms with van der Waals surface area (Å²) in [5, 5.41) is 12.8. The van der Waals surface area contributed by atoms with Crippen LogP contribution in [0.2, 0.25) is 0 Å². The van der Waals surface area contributed by atoms with E-state index in [9.17, 15) is 9.90 Å². The van der Waals surface area contributed by atoms with Gasteiger partial charge in [0, 0.05) is 46.6 Å². The fourth-order valence-electron chi connectivity index (χ4n) is 3.19. The molecule has 3 rings (SSSR count). The van der Waals surface area contributed by atoms with Gasteiger partial charge in [0.25, 0.3) is 0 Å². The van der Waals surface area contributed by atoms with Crippen molar-refractivity contribution in [1.29, 1.82) is 0 Å². The third-order valence-corrected chi connectivity index (χ3v) is 4.80. The van der Waals surface area contributed by atoms with Gasteiger partial charge in [-0.3, -0.25) is 14.6 Å². The van der Waals surface area contributed by atoms with E-state index in [1.54, 1.807) is 29.2 Å². The smallest absolute Gasteiger partial charge is 0.238 e. The van der Waals surface area contributed by atoms with Crippen LogP contribution in [0.3, 0.4) is 0 Å². The molecular weight excluding hydrogens is 394 g/mol. The first kappa shape index (κ1) is 13.7. The maximum atomic E-state index is 13.1. The molecule has 1 unspecified atom stereocenters. The summed E-state index contributed by atoms with van der Waals surface area (Å²) >= 11 is 0. The summed E-state index contributed by atoms with van der Waals surface area (Å²) in [4.78, 5) is 16.0. The van der Waals surface area contributed by atoms with Crippen LogP contribution in [0, 0.1) is 13.7 Å². The van der Waals surface area contributed by atoms with Gasteiger partial charge in [-0.25, -0.2) is 0 Å². The Balaban J connectivity index is 1.64. The molecule has 168 valence electrons. The van der Waals surface area contributed by atoms with Crippen molar-refractivity contribution in [2.24, 2.45) is 0 Å². The Hall–Kier alpha value is -2.61. The van der Waals surface area contributed by atoms with E-state index in [-0.39, 0.29) is 39.3 Å². The fourth-order valence-corrected chi connectivity index (χ4v) is 3.19. The van der Waals surface area contributed by atoms with Crippen LogP contribution in [0.15, 0.2) is 42.5 Å². The van der Waals surface area contributed by atoms with Crippen molar-refractivity contribution in [3.05, 3.63) is 53.6 Å². The van der Waals surface area contributed by atoms with Gasteiger partial charge >= 0.3 is 0 Å². The van der Waals surface area contributed by atoms with Gasteiger partial charge in [-0.05, 0) is 37.0 Å². The summed E-state index contributed by atoms with van der Waals surface area (Å²) in [5.74, 6) is -0.369. The average molecular weight is 437 g/mol. The van der Waals surface area contributed by atoms with Gasteiger partial charge in [-0.1, -0.05) is 30.3 Å². The van der Waals surface area contributed by atoms with Crippen LogP contribution in [-0.2, 0) is 4.79 Å². The molecule has 7 nitrogen and oxygen atoms in total. The third kappa shape index (κ3) is 6.69. The minimum Gasteiger partial charge on any atom is -0.493 e. The maximum Gasteiger partial charge on any atom is 0.238 e. The molecule has 0 radical (unpaired) electrons. The molecule has 0 bridgehead atoms. The minimum atomic E-state index is -2.75. The van der Waals surface area contributed by atoms with Gasteiger partial charge in [-0.15, -0.1) is 0 Å². The summed E-state index contributed by atoms with van der Waals surface area (Å²) in [7, 11) is 1.48. The Labute approximate surface area is 197 Å². The lowest BCUT2D eigenvalue weighted by atomic mass is 10.1. The second-order valence-corrected chi connectivity index (χ2v) is 7.06. The standard InChI is InChI=1S/C24H33N3O4/c1-18-7-6-8-19(2)24(18)25-23(29)16-27-13-11-26(12-14-27)15-20(28)17-31-22-10-5-4-9-21(22)30-3/h4-10,20,28H,11-17H2,1-3H3,(H,25,29)/i1D3,2D3,16D2,20D. The molecule has 0 spiro atoms. The van der Waals surface area contributed by atoms with E-state index >= 15 is 0 Å². The first-order chi connectivity index (χ1) is 18.5. The number of β-amino-alcohol motifs (C(OH)–C–C–N with tert-alkyl or cyclic N) is 1. The summed E-state index contributed by atoms with van der Waals surface area (Å²) < 4.78 is 82.3. The van der Waals surface area contributed by atoms with E-state index in [0.29, 0.717) is 11.5 Å². The molecule has 0 aromatic heterocycles. The van der Waals surface area contributed by atoms with Crippen molar-refractivity contribution >= 4 is 11.6 Å². The highest BCUT2D eigenvalue weighted by Crippen LogP contribution is 2.25. The molecule has 1 fully saturated rings. The Bertz CT molecular complexity index is 1150. The normalized spacial score (nSPS) is 22.6. The van der Waals surface area contributed by atoms with Gasteiger partial charge in [0.15, 0.2) is 11.5 Å². The monoisotopic (exact) mass is 436 g/mol. The molecule has 0 aliphatic carbocycles. The van der Waals surface area contributed by atoms with E-state index in [0.717, 1.165) is 0 Å². The average Bonchev–Trinajstić information content (AvgIpc) is 2.86. The highest BCUT2D eigenvalue weighted by molar-refractivity contribution is 5.93. The number of aliphatic hydroxyl groups is 1. The van der Waals surface area contributed by atoms with E-state index in [2.05, 4.69) is 5.32 Å². The van der Waals surface area contributed by atoms with Gasteiger partial charge < -0.3 is 19.9 Å². The zero-order valence-electron chi connectivity index (χ0n) is 26.4. The summed E-state index contributed by atoms with van der Waals surface area (Å²) in [6, 6.07) is 10.4. The molecule has 2 aromatic rings. The first-order valence-corrected chi connectivity index (χ1v) is 9.87. The van der Waals surface area contributed by atoms with Crippen LogP contribution in [0.4, 0.5) is 5.69 Å². The topological polar surface area (TPSA) is 74.3 Å². The zero-order valence-corrected chi connectivity index (χ0v) is 17.4. The summed E-state index contributed by atoms with van der Waals surface area (Å²) in [6.07, 6.45) is -1.98. The quantitative estimate of drug-likeness (QED) is 0.628. The number of para-hydroxylation sites is 3. The lowest BCUT2D eigenvalue weighted by Gasteiger charge is -2.35. The van der Waals surface area contributed by atoms with Gasteiger partial charge in [0.1, 0.15) is 12.7 Å². The van der Waals surface area contributed by atoms with E-state index in [1.807, 2.05) is 0 Å². The molecule has 1 atom stereocenters. The van der Waals surface area contributed by atoms with Crippen LogP contribution < -0.4 is 14.8 Å². The number of aryl methyl sites for hydroxylation is 2. The molecule has 31 heavy (non-hydrogen) atoms. The Morgan fingerprint density at radius 1 is 1.13 bits per heavy atom. The third-order valence-electron chi connectivity index (χ3n) is 4.80. The number of ether oxygens (including phenoxy) is 2. The van der Waals surface area contributed by atoms with E-state index in [4.69, 9.17) is 21.8 Å². The highest BCUT2D eigenvalue weighted by atomic mass is 16.5. The summed E-state index contributed by atoms with van der Waals surface area (Å²) in [6.45, 7) is -8.00. The number of benzene rings is 2. The van der Waals surface area contributed by atoms with Crippen molar-refractivity contribution in [2.45, 2.75) is 19.8 Å². The summed E-state index contributed by atoms with van der Waals surface area (Å²) in [5.41, 5.74) is -1.26.